The number of primary amides is 1. The molecule has 5 heterocycles. The second kappa shape index (κ2) is 45.0. The molecule has 0 aliphatic rings. The molecule has 13 N–H and O–H groups in total. The highest BCUT2D eigenvalue weighted by Gasteiger charge is 2.21. The molecule has 0 spiro atoms. The number of nitrogens with zero attached hydrogens (tertiary/aromatic N) is 17. The zero-order chi connectivity index (χ0) is 86.7. The van der Waals surface area contributed by atoms with Crippen LogP contribution in [-0.2, 0) is 4.74 Å². The topological polar surface area (TPSA) is 550 Å². The predicted octanol–water partition coefficient (Wildman–Crippen LogP) is 12.4. The minimum Gasteiger partial charge on any atom is -0.398 e. The van der Waals surface area contributed by atoms with Crippen LogP contribution in [0.1, 0.15) is 94.2 Å². The Morgan fingerprint density at radius 3 is 1.38 bits per heavy atom. The van der Waals surface area contributed by atoms with Gasteiger partial charge in [-0.1, -0.05) is 127 Å². The molecule has 2 amide bonds. The normalized spacial score (nSPS) is 10.6. The van der Waals surface area contributed by atoms with Crippen molar-refractivity contribution in [1.29, 1.82) is 5.26 Å². The molecule has 0 saturated carbocycles. The van der Waals surface area contributed by atoms with Gasteiger partial charge in [0.25, 0.3) is 23.0 Å². The number of aromatic amines is 4. The standard InChI is InChI=1S/C19H16N6O.C11H13N3O3.C11H9NO.C9H11N5.C9H8N4O2.C9H10N4.C8H8N2O3.C5H13NO/c1-12-7-8-14(19-21-11-22-24-19)9-16(12)25-18(20)15(10-23-25)17(26)13-5-3-2-4-6-13;1-8-4-5-9(6-10(8)14(16)17)11(15)12-7-13(2)3;1-2-9(8-12)11(13)10-6-4-3-5-7-10;1-6-2-3-7(4-8(6)13-10)9-11-5-12-14-9;1-6-2-3-7(4-8(6)13(14)15)9-10-5-11-12-9;1-6-2-3-7(4-8(6)10)9-11-5-12-13-9;1-5-2-3-6(8(9)11)4-7(5)10(12)13;1-5(7-4)6(2)3/h2-11H,20H2,1H3,(H,21,22,24);4-7H,1-3H3;2-7H,1H3;2-5,13H,10H2,1H3,(H,11,12,14);2-5H,1H3,(H,10,11,12);2-5H,10H2,1H3,(H,11,12,13);2-4H,1H3,(H2,9,11);5H,1-4H3/b;;9-2-;;;;;. The third-order valence-electron chi connectivity index (χ3n) is 16.9. The number of aromatic nitrogens is 14. The van der Waals surface area contributed by atoms with E-state index in [1.165, 1.54) is 86.4 Å². The summed E-state index contributed by atoms with van der Waals surface area (Å²) in [6.07, 6.45) is 10.4. The summed E-state index contributed by atoms with van der Waals surface area (Å²) in [6.45, 7) is 14.5. The van der Waals surface area contributed by atoms with Crippen molar-refractivity contribution >= 4 is 64.0 Å². The first-order valence-electron chi connectivity index (χ1n) is 35.4. The van der Waals surface area contributed by atoms with Crippen molar-refractivity contribution in [1.82, 2.24) is 80.3 Å². The van der Waals surface area contributed by atoms with Gasteiger partial charge in [-0.3, -0.25) is 80.7 Å². The molecule has 0 fully saturated rings. The molecule has 37 nitrogen and oxygen atoms in total. The molecule has 0 bridgehead atoms. The van der Waals surface area contributed by atoms with Crippen LogP contribution in [-0.4, -0.2) is 166 Å². The number of H-pyrrole nitrogens is 4. The number of hydrazine groups is 1. The molecule has 1 atom stereocenters. The number of nitrogens with one attached hydrogen (secondary N) is 5. The van der Waals surface area contributed by atoms with Crippen LogP contribution in [0, 0.1) is 83.2 Å². The fourth-order valence-electron chi connectivity index (χ4n) is 9.84. The highest BCUT2D eigenvalue weighted by atomic mass is 16.6. The number of carbonyl (C=O) groups excluding carboxylic acids is 4. The Balaban J connectivity index is 0.000000214. The number of ketones is 2. The number of aryl methyl sites for hydroxylation is 6. The molecule has 0 radical (unpaired) electrons. The predicted molar refractivity (Wildman–Crippen MR) is 448 cm³/mol. The molecule has 118 heavy (non-hydrogen) atoms. The number of nitriles is 1. The number of benzene rings is 8. The van der Waals surface area contributed by atoms with Crippen LogP contribution >= 0.6 is 0 Å². The number of Topliss-reactive ketones (excluding diaryl/α,β-unsaturated/α-hetero) is 1. The Morgan fingerprint density at radius 2 is 0.975 bits per heavy atom. The van der Waals surface area contributed by atoms with E-state index in [9.17, 15) is 49.5 Å². The van der Waals surface area contributed by atoms with E-state index in [1.54, 1.807) is 107 Å². The molecule has 37 heteroatoms. The van der Waals surface area contributed by atoms with Gasteiger partial charge in [0.1, 0.15) is 43.4 Å². The number of rotatable bonds is 18. The maximum absolute atomic E-state index is 12.7. The second-order valence-electron chi connectivity index (χ2n) is 25.6. The van der Waals surface area contributed by atoms with Crippen LogP contribution in [0.2, 0.25) is 0 Å². The number of amides is 2. The van der Waals surface area contributed by atoms with Crippen LogP contribution in [0.3, 0.4) is 0 Å². The minimum absolute atomic E-state index is 0.0732. The lowest BCUT2D eigenvalue weighted by atomic mass is 10.0. The fourth-order valence-corrected chi connectivity index (χ4v) is 9.84. The number of carbonyl (C=O) groups is 4. The summed E-state index contributed by atoms with van der Waals surface area (Å²) >= 11 is 0. The third kappa shape index (κ3) is 26.7. The second-order valence-corrected chi connectivity index (χ2v) is 25.6. The molecule has 1 unspecified atom stereocenters. The number of allylic oxidation sites excluding steroid dienone is 2. The van der Waals surface area contributed by atoms with Crippen LogP contribution < -0.4 is 28.5 Å². The van der Waals surface area contributed by atoms with Gasteiger partial charge in [-0.15, -0.1) is 0 Å². The van der Waals surface area contributed by atoms with Crippen molar-refractivity contribution in [2.24, 2.45) is 16.6 Å². The molecule has 13 aromatic rings. The average Bonchev–Trinajstić information content (AvgIpc) is 1.63. The molecular formula is C81H88N26O11. The number of ether oxygens (including phenoxy) is 1. The molecule has 8 aromatic carbocycles. The Morgan fingerprint density at radius 1 is 0.559 bits per heavy atom. The molecule has 0 aliphatic carbocycles. The van der Waals surface area contributed by atoms with Gasteiger partial charge in [-0.2, -0.15) is 35.7 Å². The SMILES string of the molecule is C/C=C(/C#N)C(=O)c1ccccc1.COC(C)N(C)C.Cc1ccc(-c2ncn[nH]2)cc1-n1ncc(C(=O)c2ccccc2)c1N.Cc1ccc(-c2ncn[nH]2)cc1N.Cc1ccc(-c2ncn[nH]2)cc1NN.Cc1ccc(-c2ncn[nH]2)cc1[N+](=O)[O-].Cc1ccc(C(=O)N=CN(C)C)cc1[N+](=O)[O-].Cc1ccc(C(N)=O)cc1[N+](=O)[O-]. The number of nitro groups is 3. The van der Waals surface area contributed by atoms with E-state index in [1.807, 2.05) is 132 Å². The largest absolute Gasteiger partial charge is 0.398 e. The minimum atomic E-state index is -0.664. The summed E-state index contributed by atoms with van der Waals surface area (Å²) in [5.41, 5.74) is 32.3. The summed E-state index contributed by atoms with van der Waals surface area (Å²) < 4.78 is 6.51. The summed E-state index contributed by atoms with van der Waals surface area (Å²) in [4.78, 5) is 100. The summed E-state index contributed by atoms with van der Waals surface area (Å²) in [5, 5.41) is 71.0. The lowest BCUT2D eigenvalue weighted by Crippen LogP contribution is -2.25. The zero-order valence-electron chi connectivity index (χ0n) is 66.7. The van der Waals surface area contributed by atoms with Crippen LogP contribution in [0.4, 0.5) is 34.3 Å². The molecular weight excluding hydrogens is 1510 g/mol. The average molecular weight is 1600 g/mol. The van der Waals surface area contributed by atoms with E-state index in [2.05, 4.69) is 76.2 Å². The molecule has 0 aliphatic heterocycles. The fraction of sp³-hybridized carbons (Fsp3) is 0.173. The number of methoxy groups -OCH3 is 1. The summed E-state index contributed by atoms with van der Waals surface area (Å²) in [7, 11) is 9.12. The van der Waals surface area contributed by atoms with Crippen LogP contribution in [0.25, 0.3) is 51.2 Å². The van der Waals surface area contributed by atoms with Crippen molar-refractivity contribution < 1.29 is 38.7 Å². The van der Waals surface area contributed by atoms with E-state index in [0.717, 1.165) is 62.1 Å². The van der Waals surface area contributed by atoms with Crippen molar-refractivity contribution in [2.45, 2.75) is 61.6 Å². The summed E-state index contributed by atoms with van der Waals surface area (Å²) in [5.74, 6) is 6.80. The maximum Gasteiger partial charge on any atom is 0.278 e. The maximum atomic E-state index is 12.7. The van der Waals surface area contributed by atoms with Gasteiger partial charge >= 0.3 is 0 Å². The third-order valence-corrected chi connectivity index (χ3v) is 16.9. The van der Waals surface area contributed by atoms with E-state index in [0.29, 0.717) is 56.4 Å². The Kier molecular flexibility index (Phi) is 34.8. The first-order chi connectivity index (χ1) is 56.3. The van der Waals surface area contributed by atoms with E-state index in [-0.39, 0.29) is 51.6 Å². The Labute approximate surface area is 677 Å². The van der Waals surface area contributed by atoms with E-state index in [4.69, 9.17) is 33.0 Å². The van der Waals surface area contributed by atoms with Crippen molar-refractivity contribution in [3.05, 3.63) is 305 Å². The van der Waals surface area contributed by atoms with Crippen molar-refractivity contribution in [3.8, 4) is 57.3 Å². The van der Waals surface area contributed by atoms with Gasteiger partial charge < -0.3 is 32.3 Å². The number of hydrogen-bond acceptors (Lipinski definition) is 26. The van der Waals surface area contributed by atoms with E-state index >= 15 is 0 Å². The highest BCUT2D eigenvalue weighted by molar-refractivity contribution is 6.12. The van der Waals surface area contributed by atoms with Crippen molar-refractivity contribution in [3.63, 3.8) is 0 Å². The first-order valence-corrected chi connectivity index (χ1v) is 35.4. The molecule has 5 aromatic heterocycles. The highest BCUT2D eigenvalue weighted by Crippen LogP contribution is 2.29. The van der Waals surface area contributed by atoms with Gasteiger partial charge in [0.2, 0.25) is 11.7 Å². The summed E-state index contributed by atoms with van der Waals surface area (Å²) in [6, 6.07) is 50.5. The number of nitro benzene ring substituents is 3. The molecule has 0 saturated heterocycles. The van der Waals surface area contributed by atoms with Gasteiger partial charge in [0.05, 0.1) is 49.8 Å². The molecule has 608 valence electrons. The quantitative estimate of drug-likeness (QED) is 0.00368. The number of hydrogen-bond donors (Lipinski definition) is 9. The van der Waals surface area contributed by atoms with E-state index < -0.39 is 26.6 Å². The van der Waals surface area contributed by atoms with Crippen LogP contribution in [0.5, 0.6) is 0 Å². The number of anilines is 3. The van der Waals surface area contributed by atoms with Gasteiger partial charge in [0.15, 0.2) is 29.1 Å². The monoisotopic (exact) mass is 1600 g/mol. The Hall–Kier alpha value is -15.8. The van der Waals surface area contributed by atoms with Crippen LogP contribution in [0.15, 0.2) is 218 Å². The van der Waals surface area contributed by atoms with Gasteiger partial charge in [0, 0.05) is 106 Å². The number of nitrogens with two attached hydrogens (primary N) is 4. The van der Waals surface area contributed by atoms with Gasteiger partial charge in [-0.05, 0) is 117 Å². The lowest BCUT2D eigenvalue weighted by molar-refractivity contribution is -0.385. The Bertz CT molecular complexity index is 5610. The van der Waals surface area contributed by atoms with Crippen molar-refractivity contribution in [2.75, 3.05) is 52.2 Å². The zero-order valence-corrected chi connectivity index (χ0v) is 66.7. The van der Waals surface area contributed by atoms with Gasteiger partial charge in [-0.25, -0.2) is 24.6 Å². The first kappa shape index (κ1) is 91.1. The lowest BCUT2D eigenvalue weighted by Gasteiger charge is -2.16. The number of aliphatic imine (C=N–C) groups is 1. The smallest absolute Gasteiger partial charge is 0.278 e. The number of nitrogen functional groups attached to an aromatic ring is 3. The molecule has 13 rings (SSSR count).